The van der Waals surface area contributed by atoms with Crippen LogP contribution in [0.4, 0.5) is 10.1 Å². The van der Waals surface area contributed by atoms with Gasteiger partial charge in [-0.25, -0.2) is 4.39 Å². The summed E-state index contributed by atoms with van der Waals surface area (Å²) in [5, 5.41) is 10.6. The van der Waals surface area contributed by atoms with Crippen molar-refractivity contribution >= 4 is 17.3 Å². The maximum absolute atomic E-state index is 13.8. The van der Waals surface area contributed by atoms with Crippen molar-refractivity contribution in [1.82, 2.24) is 0 Å². The Kier molecular flexibility index (Phi) is 4.20. The third-order valence-electron chi connectivity index (χ3n) is 2.74. The number of nitrogens with zero attached hydrogens (tertiary/aromatic N) is 1. The molecule has 0 saturated heterocycles. The lowest BCUT2D eigenvalue weighted by Gasteiger charge is -2.10. The van der Waals surface area contributed by atoms with Gasteiger partial charge in [-0.05, 0) is 36.2 Å². The largest absolute Gasteiger partial charge is 0.454 e. The highest BCUT2D eigenvalue weighted by Crippen LogP contribution is 2.30. The van der Waals surface area contributed by atoms with E-state index in [0.29, 0.717) is 16.9 Å². The van der Waals surface area contributed by atoms with Crippen molar-refractivity contribution in [3.63, 3.8) is 0 Å². The van der Waals surface area contributed by atoms with Crippen LogP contribution in [0.15, 0.2) is 36.4 Å². The van der Waals surface area contributed by atoms with Crippen LogP contribution in [-0.2, 0) is 5.88 Å². The maximum Gasteiger partial charge on any atom is 0.269 e. The Morgan fingerprint density at radius 3 is 2.50 bits per heavy atom. The van der Waals surface area contributed by atoms with E-state index in [1.807, 2.05) is 0 Å². The van der Waals surface area contributed by atoms with Crippen LogP contribution in [0.5, 0.6) is 11.5 Å². The SMILES string of the molecule is Cc1cc([N+](=O)[O-])ccc1Oc1ccc(CCl)cc1F. The first-order valence-corrected chi connectivity index (χ1v) is 6.32. The van der Waals surface area contributed by atoms with Gasteiger partial charge in [0.25, 0.3) is 5.69 Å². The first-order valence-electron chi connectivity index (χ1n) is 5.78. The fourth-order valence-electron chi connectivity index (χ4n) is 1.69. The lowest BCUT2D eigenvalue weighted by molar-refractivity contribution is -0.384. The molecular formula is C14H11ClFNO3. The number of alkyl halides is 1. The number of ether oxygens (including phenoxy) is 1. The molecule has 0 unspecified atom stereocenters. The molecule has 2 rings (SSSR count). The van der Waals surface area contributed by atoms with Gasteiger partial charge in [0.05, 0.1) is 4.92 Å². The molecule has 0 N–H and O–H groups in total. The number of hydrogen-bond acceptors (Lipinski definition) is 3. The van der Waals surface area contributed by atoms with Crippen LogP contribution in [0.3, 0.4) is 0 Å². The average molecular weight is 296 g/mol. The van der Waals surface area contributed by atoms with Gasteiger partial charge in [-0.1, -0.05) is 6.07 Å². The molecule has 0 fully saturated rings. The predicted molar refractivity (Wildman–Crippen MR) is 73.9 cm³/mol. The van der Waals surface area contributed by atoms with Gasteiger partial charge in [0, 0.05) is 18.0 Å². The Hall–Kier alpha value is -2.14. The first kappa shape index (κ1) is 14.3. The quantitative estimate of drug-likeness (QED) is 0.471. The van der Waals surface area contributed by atoms with Crippen molar-refractivity contribution in [2.75, 3.05) is 0 Å². The minimum atomic E-state index is -0.527. The van der Waals surface area contributed by atoms with Crippen molar-refractivity contribution in [2.24, 2.45) is 0 Å². The highest BCUT2D eigenvalue weighted by Gasteiger charge is 2.11. The lowest BCUT2D eigenvalue weighted by Crippen LogP contribution is -1.94. The third-order valence-corrected chi connectivity index (χ3v) is 3.05. The van der Waals surface area contributed by atoms with Crippen LogP contribution in [0.1, 0.15) is 11.1 Å². The minimum absolute atomic E-state index is 0.0344. The van der Waals surface area contributed by atoms with E-state index >= 15 is 0 Å². The second-order valence-corrected chi connectivity index (χ2v) is 4.47. The minimum Gasteiger partial charge on any atom is -0.454 e. The molecule has 0 amide bonds. The van der Waals surface area contributed by atoms with E-state index in [4.69, 9.17) is 16.3 Å². The van der Waals surface area contributed by atoms with Crippen LogP contribution < -0.4 is 4.74 Å². The fraction of sp³-hybridized carbons (Fsp3) is 0.143. The molecule has 0 saturated carbocycles. The van der Waals surface area contributed by atoms with Crippen molar-refractivity contribution in [2.45, 2.75) is 12.8 Å². The molecule has 0 spiro atoms. The molecule has 2 aromatic rings. The Morgan fingerprint density at radius 1 is 1.25 bits per heavy atom. The van der Waals surface area contributed by atoms with Crippen molar-refractivity contribution in [3.05, 3.63) is 63.5 Å². The van der Waals surface area contributed by atoms with E-state index in [9.17, 15) is 14.5 Å². The van der Waals surface area contributed by atoms with Gasteiger partial charge in [0.15, 0.2) is 11.6 Å². The average Bonchev–Trinajstić information content (AvgIpc) is 2.42. The second-order valence-electron chi connectivity index (χ2n) is 4.21. The van der Waals surface area contributed by atoms with Crippen molar-refractivity contribution in [1.29, 1.82) is 0 Å². The molecular weight excluding hydrogens is 285 g/mol. The summed E-state index contributed by atoms with van der Waals surface area (Å²) in [6.07, 6.45) is 0. The van der Waals surface area contributed by atoms with E-state index < -0.39 is 10.7 Å². The van der Waals surface area contributed by atoms with E-state index in [2.05, 4.69) is 0 Å². The number of aryl methyl sites for hydroxylation is 1. The zero-order valence-electron chi connectivity index (χ0n) is 10.6. The number of hydrogen-bond donors (Lipinski definition) is 0. The van der Waals surface area contributed by atoms with Crippen LogP contribution in [0.25, 0.3) is 0 Å². The third kappa shape index (κ3) is 3.05. The Balaban J connectivity index is 2.28. The van der Waals surface area contributed by atoms with Gasteiger partial charge in [-0.15, -0.1) is 11.6 Å². The van der Waals surface area contributed by atoms with E-state index in [1.54, 1.807) is 13.0 Å². The molecule has 0 aliphatic heterocycles. The van der Waals surface area contributed by atoms with Gasteiger partial charge in [-0.2, -0.15) is 0 Å². The summed E-state index contributed by atoms with van der Waals surface area (Å²) in [7, 11) is 0. The van der Waals surface area contributed by atoms with Crippen LogP contribution >= 0.6 is 11.6 Å². The number of non-ortho nitro benzene ring substituents is 1. The zero-order chi connectivity index (χ0) is 14.7. The van der Waals surface area contributed by atoms with Gasteiger partial charge in [-0.3, -0.25) is 10.1 Å². The standard InChI is InChI=1S/C14H11ClFNO3/c1-9-6-11(17(18)19)3-5-13(9)20-14-4-2-10(8-15)7-12(14)16/h2-7H,8H2,1H3. The van der Waals surface area contributed by atoms with Gasteiger partial charge >= 0.3 is 0 Å². The normalized spacial score (nSPS) is 10.3. The molecule has 0 bridgehead atoms. The van der Waals surface area contributed by atoms with Crippen molar-refractivity contribution < 1.29 is 14.1 Å². The highest BCUT2D eigenvalue weighted by atomic mass is 35.5. The number of nitro benzene ring substituents is 1. The van der Waals surface area contributed by atoms with Gasteiger partial charge in [0.1, 0.15) is 5.75 Å². The molecule has 0 radical (unpaired) electrons. The summed E-state index contributed by atoms with van der Waals surface area (Å²) in [6.45, 7) is 1.66. The van der Waals surface area contributed by atoms with E-state index in [1.165, 1.54) is 30.3 Å². The Bertz CT molecular complexity index is 661. The van der Waals surface area contributed by atoms with Crippen LogP contribution in [0, 0.1) is 22.9 Å². The summed E-state index contributed by atoms with van der Waals surface area (Å²) in [5.74, 6) is 0.109. The van der Waals surface area contributed by atoms with Crippen LogP contribution in [0.2, 0.25) is 0 Å². The maximum atomic E-state index is 13.8. The van der Waals surface area contributed by atoms with Gasteiger partial charge < -0.3 is 4.74 Å². The summed E-state index contributed by atoms with van der Waals surface area (Å²) in [5.41, 5.74) is 1.17. The topological polar surface area (TPSA) is 52.4 Å². The summed E-state index contributed by atoms with van der Waals surface area (Å²) in [6, 6.07) is 8.57. The molecule has 0 heterocycles. The molecule has 0 aromatic heterocycles. The molecule has 4 nitrogen and oxygen atoms in total. The second kappa shape index (κ2) is 5.88. The zero-order valence-corrected chi connectivity index (χ0v) is 11.4. The summed E-state index contributed by atoms with van der Waals surface area (Å²) in [4.78, 5) is 10.1. The summed E-state index contributed by atoms with van der Waals surface area (Å²) >= 11 is 5.61. The molecule has 104 valence electrons. The molecule has 0 aliphatic rings. The molecule has 6 heteroatoms. The lowest BCUT2D eigenvalue weighted by atomic mass is 10.2. The van der Waals surface area contributed by atoms with Crippen molar-refractivity contribution in [3.8, 4) is 11.5 Å². The number of benzene rings is 2. The van der Waals surface area contributed by atoms with Crippen LogP contribution in [-0.4, -0.2) is 4.92 Å². The smallest absolute Gasteiger partial charge is 0.269 e. The fourth-order valence-corrected chi connectivity index (χ4v) is 1.86. The molecule has 0 atom stereocenters. The summed E-state index contributed by atoms with van der Waals surface area (Å²) < 4.78 is 19.2. The highest BCUT2D eigenvalue weighted by molar-refractivity contribution is 6.17. The number of halogens is 2. The monoisotopic (exact) mass is 295 g/mol. The molecule has 0 aliphatic carbocycles. The van der Waals surface area contributed by atoms with E-state index in [-0.39, 0.29) is 17.3 Å². The number of rotatable bonds is 4. The first-order chi connectivity index (χ1) is 9.51. The number of nitro groups is 1. The van der Waals surface area contributed by atoms with Gasteiger partial charge in [0.2, 0.25) is 0 Å². The predicted octanol–water partition coefficient (Wildman–Crippen LogP) is 4.57. The molecule has 20 heavy (non-hydrogen) atoms. The Labute approximate surface area is 119 Å². The Morgan fingerprint density at radius 2 is 1.95 bits per heavy atom. The molecule has 2 aromatic carbocycles. The van der Waals surface area contributed by atoms with E-state index in [0.717, 1.165) is 0 Å².